The van der Waals surface area contributed by atoms with Crippen LogP contribution in [0.1, 0.15) is 125 Å². The predicted molar refractivity (Wildman–Crippen MR) is 113 cm³/mol. The standard InChI is InChI=1S/C9H16.2C8H16/c1-8-3-5-9(2,7-8)6-4-8;2*1-7-3-5-8(2)6-4-7/h3-7H2,1-2H3;2*7-8H,3-6H2,1-2H3. The second kappa shape index (κ2) is 9.27. The molecule has 0 unspecified atom stereocenters. The topological polar surface area (TPSA) is 0 Å². The molecule has 25 heavy (non-hydrogen) atoms. The second-order valence-electron chi connectivity index (χ2n) is 11.5. The van der Waals surface area contributed by atoms with Crippen LogP contribution in [0, 0.1) is 34.5 Å². The summed E-state index contributed by atoms with van der Waals surface area (Å²) in [5, 5.41) is 0. The SMILES string of the molecule is CC12CCC(C)(CC1)C2.CC1CCC(C)CC1.CC1CCC(C)CC1. The molecule has 0 atom stereocenters. The molecule has 4 saturated carbocycles. The highest BCUT2D eigenvalue weighted by molar-refractivity contribution is 4.99. The first kappa shape index (κ1) is 21.3. The van der Waals surface area contributed by atoms with Crippen molar-refractivity contribution in [1.29, 1.82) is 0 Å². The highest BCUT2D eigenvalue weighted by Crippen LogP contribution is 2.60. The van der Waals surface area contributed by atoms with Gasteiger partial charge in [0.25, 0.3) is 0 Å². The van der Waals surface area contributed by atoms with Crippen LogP contribution in [-0.4, -0.2) is 0 Å². The third kappa shape index (κ3) is 7.26. The maximum Gasteiger partial charge on any atom is -0.0320 e. The molecule has 0 amide bonds. The number of hydrogen-bond acceptors (Lipinski definition) is 0. The summed E-state index contributed by atoms with van der Waals surface area (Å²) < 4.78 is 0. The fraction of sp³-hybridized carbons (Fsp3) is 1.00. The van der Waals surface area contributed by atoms with Gasteiger partial charge in [0.15, 0.2) is 0 Å². The minimum atomic E-state index is 0.773. The van der Waals surface area contributed by atoms with E-state index in [2.05, 4.69) is 41.5 Å². The van der Waals surface area contributed by atoms with Crippen LogP contribution in [0.15, 0.2) is 0 Å². The maximum absolute atomic E-state index is 2.46. The zero-order valence-corrected chi connectivity index (χ0v) is 18.5. The molecule has 0 N–H and O–H groups in total. The van der Waals surface area contributed by atoms with E-state index in [4.69, 9.17) is 0 Å². The Bertz CT molecular complexity index is 301. The summed E-state index contributed by atoms with van der Waals surface area (Å²) in [6.45, 7) is 14.4. The minimum absolute atomic E-state index is 0.773. The summed E-state index contributed by atoms with van der Waals surface area (Å²) in [6, 6.07) is 0. The average Bonchev–Trinajstić information content (AvgIpc) is 3.05. The van der Waals surface area contributed by atoms with Crippen molar-refractivity contribution in [1.82, 2.24) is 0 Å². The zero-order chi connectivity index (χ0) is 18.5. The van der Waals surface area contributed by atoms with Gasteiger partial charge in [0, 0.05) is 0 Å². The Kier molecular flexibility index (Phi) is 7.90. The predicted octanol–water partition coefficient (Wildman–Crippen LogP) is 8.64. The van der Waals surface area contributed by atoms with Gasteiger partial charge >= 0.3 is 0 Å². The van der Waals surface area contributed by atoms with Gasteiger partial charge in [-0.25, -0.2) is 0 Å². The van der Waals surface area contributed by atoms with Crippen molar-refractivity contribution in [2.45, 2.75) is 125 Å². The monoisotopic (exact) mass is 348 g/mol. The van der Waals surface area contributed by atoms with E-state index in [9.17, 15) is 0 Å². The molecule has 0 heterocycles. The van der Waals surface area contributed by atoms with Crippen LogP contribution in [-0.2, 0) is 0 Å². The summed E-state index contributed by atoms with van der Waals surface area (Å²) in [6.07, 6.45) is 19.3. The van der Waals surface area contributed by atoms with Gasteiger partial charge in [0.05, 0.1) is 0 Å². The van der Waals surface area contributed by atoms with Gasteiger partial charge in [0.2, 0.25) is 0 Å². The van der Waals surface area contributed by atoms with Crippen molar-refractivity contribution >= 4 is 0 Å². The second-order valence-corrected chi connectivity index (χ2v) is 11.5. The Balaban J connectivity index is 0.000000136. The van der Waals surface area contributed by atoms with Crippen molar-refractivity contribution in [3.63, 3.8) is 0 Å². The molecular formula is C25H48. The van der Waals surface area contributed by atoms with Gasteiger partial charge in [-0.2, -0.15) is 0 Å². The Hall–Kier alpha value is 0. The highest BCUT2D eigenvalue weighted by Gasteiger charge is 2.48. The lowest BCUT2D eigenvalue weighted by Gasteiger charge is -2.22. The first-order chi connectivity index (χ1) is 11.7. The first-order valence-electron chi connectivity index (χ1n) is 11.7. The molecule has 4 aliphatic carbocycles. The van der Waals surface area contributed by atoms with Crippen LogP contribution in [0.4, 0.5) is 0 Å². The molecule has 0 aromatic rings. The lowest BCUT2D eigenvalue weighted by atomic mass is 9.84. The fourth-order valence-corrected chi connectivity index (χ4v) is 5.69. The molecule has 0 radical (unpaired) electrons. The van der Waals surface area contributed by atoms with Crippen molar-refractivity contribution in [3.8, 4) is 0 Å². The van der Waals surface area contributed by atoms with Crippen LogP contribution >= 0.6 is 0 Å². The summed E-state index contributed by atoms with van der Waals surface area (Å²) in [4.78, 5) is 0. The first-order valence-corrected chi connectivity index (χ1v) is 11.7. The number of hydrogen-bond donors (Lipinski definition) is 0. The summed E-state index contributed by atoms with van der Waals surface area (Å²) in [5.74, 6) is 4.08. The molecule has 148 valence electrons. The van der Waals surface area contributed by atoms with Crippen LogP contribution in [0.5, 0.6) is 0 Å². The summed E-state index contributed by atoms with van der Waals surface area (Å²) >= 11 is 0. The molecule has 0 heteroatoms. The van der Waals surface area contributed by atoms with E-state index in [0.29, 0.717) is 0 Å². The van der Waals surface area contributed by atoms with Crippen molar-refractivity contribution in [2.24, 2.45) is 34.5 Å². The van der Waals surface area contributed by atoms with Gasteiger partial charge in [-0.15, -0.1) is 0 Å². The van der Waals surface area contributed by atoms with Crippen LogP contribution < -0.4 is 0 Å². The van der Waals surface area contributed by atoms with E-state index in [1.165, 1.54) is 83.5 Å². The van der Waals surface area contributed by atoms with Crippen molar-refractivity contribution < 1.29 is 0 Å². The van der Waals surface area contributed by atoms with Gasteiger partial charge in [0.1, 0.15) is 0 Å². The average molecular weight is 349 g/mol. The Morgan fingerprint density at radius 3 is 0.760 bits per heavy atom. The third-order valence-corrected chi connectivity index (χ3v) is 8.13. The maximum atomic E-state index is 2.46. The minimum Gasteiger partial charge on any atom is -0.0625 e. The molecule has 0 aromatic heterocycles. The number of fused-ring (bicyclic) bond motifs is 2. The molecular weight excluding hydrogens is 300 g/mol. The van der Waals surface area contributed by atoms with E-state index < -0.39 is 0 Å². The molecule has 0 spiro atoms. The molecule has 4 fully saturated rings. The Morgan fingerprint density at radius 1 is 0.440 bits per heavy atom. The van der Waals surface area contributed by atoms with E-state index >= 15 is 0 Å². The molecule has 2 bridgehead atoms. The molecule has 0 saturated heterocycles. The lowest BCUT2D eigenvalue weighted by molar-refractivity contribution is 0.308. The van der Waals surface area contributed by atoms with Crippen LogP contribution in [0.25, 0.3) is 0 Å². The van der Waals surface area contributed by atoms with E-state index in [1.807, 2.05) is 0 Å². The van der Waals surface area contributed by atoms with Gasteiger partial charge in [-0.05, 0) is 66.6 Å². The molecule has 0 nitrogen and oxygen atoms in total. The molecule has 4 aliphatic rings. The fourth-order valence-electron chi connectivity index (χ4n) is 5.69. The third-order valence-electron chi connectivity index (χ3n) is 8.13. The molecule has 4 rings (SSSR count). The highest BCUT2D eigenvalue weighted by atomic mass is 14.5. The van der Waals surface area contributed by atoms with Crippen molar-refractivity contribution in [3.05, 3.63) is 0 Å². The molecule has 0 aromatic carbocycles. The summed E-state index contributed by atoms with van der Waals surface area (Å²) in [5.41, 5.74) is 1.55. The van der Waals surface area contributed by atoms with Gasteiger partial charge < -0.3 is 0 Å². The smallest absolute Gasteiger partial charge is 0.0320 e. The zero-order valence-electron chi connectivity index (χ0n) is 18.5. The quantitative estimate of drug-likeness (QED) is 0.411. The van der Waals surface area contributed by atoms with Gasteiger partial charge in [-0.1, -0.05) is 92.9 Å². The van der Waals surface area contributed by atoms with E-state index in [0.717, 1.165) is 34.5 Å². The van der Waals surface area contributed by atoms with E-state index in [1.54, 1.807) is 0 Å². The van der Waals surface area contributed by atoms with Gasteiger partial charge in [-0.3, -0.25) is 0 Å². The largest absolute Gasteiger partial charge is 0.0625 e. The lowest BCUT2D eigenvalue weighted by Crippen LogP contribution is -2.08. The number of rotatable bonds is 0. The Labute approximate surface area is 159 Å². The van der Waals surface area contributed by atoms with E-state index in [-0.39, 0.29) is 0 Å². The summed E-state index contributed by atoms with van der Waals surface area (Å²) in [7, 11) is 0. The Morgan fingerprint density at radius 2 is 0.640 bits per heavy atom. The van der Waals surface area contributed by atoms with Crippen LogP contribution in [0.2, 0.25) is 0 Å². The van der Waals surface area contributed by atoms with Crippen molar-refractivity contribution in [2.75, 3.05) is 0 Å². The molecule has 0 aliphatic heterocycles. The normalized spacial score (nSPS) is 45.8. The van der Waals surface area contributed by atoms with Crippen LogP contribution in [0.3, 0.4) is 0 Å².